The first-order valence-corrected chi connectivity index (χ1v) is 8.56. The number of furan rings is 1. The molecule has 0 saturated carbocycles. The Bertz CT molecular complexity index is 545. The fourth-order valence-electron chi connectivity index (χ4n) is 2.19. The van der Waals surface area contributed by atoms with Crippen LogP contribution in [-0.2, 0) is 21.2 Å². The molecule has 0 aliphatic carbocycles. The molecule has 1 atom stereocenters. The Morgan fingerprint density at radius 1 is 1.35 bits per heavy atom. The molecule has 1 aromatic heterocycles. The van der Waals surface area contributed by atoms with Gasteiger partial charge in [0.25, 0.3) is 0 Å². The predicted molar refractivity (Wildman–Crippen MR) is 74.9 cm³/mol. The molecule has 112 valence electrons. The van der Waals surface area contributed by atoms with E-state index in [4.69, 9.17) is 4.42 Å². The van der Waals surface area contributed by atoms with E-state index in [1.54, 1.807) is 11.2 Å². The first kappa shape index (κ1) is 15.1. The summed E-state index contributed by atoms with van der Waals surface area (Å²) in [7, 11) is -3.33. The van der Waals surface area contributed by atoms with Crippen LogP contribution < -0.4 is 0 Å². The molecule has 2 heterocycles. The average Bonchev–Trinajstić information content (AvgIpc) is 2.90. The van der Waals surface area contributed by atoms with E-state index in [1.807, 2.05) is 12.1 Å². The van der Waals surface area contributed by atoms with Crippen molar-refractivity contribution in [1.29, 1.82) is 0 Å². The fraction of sp³-hybridized carbons (Fsp3) is 0.615. The van der Waals surface area contributed by atoms with Gasteiger partial charge < -0.3 is 9.32 Å². The number of piperazine rings is 1. The summed E-state index contributed by atoms with van der Waals surface area (Å²) in [6.45, 7) is 4.73. The van der Waals surface area contributed by atoms with E-state index < -0.39 is 15.1 Å². The van der Waals surface area contributed by atoms with Crippen LogP contribution in [0.5, 0.6) is 0 Å². The zero-order chi connectivity index (χ0) is 14.8. The molecular weight excluding hydrogens is 280 g/mol. The highest BCUT2D eigenvalue weighted by Crippen LogP contribution is 2.11. The lowest BCUT2D eigenvalue weighted by molar-refractivity contribution is -0.132. The van der Waals surface area contributed by atoms with Crippen molar-refractivity contribution >= 4 is 15.7 Å². The number of nitrogens with zero attached hydrogens (tertiary/aromatic N) is 2. The molecule has 0 unspecified atom stereocenters. The van der Waals surface area contributed by atoms with E-state index in [9.17, 15) is 13.2 Å². The molecule has 6 nitrogen and oxygen atoms in total. The van der Waals surface area contributed by atoms with E-state index in [1.165, 1.54) is 6.92 Å². The molecule has 1 aliphatic heterocycles. The minimum absolute atomic E-state index is 0.301. The zero-order valence-electron chi connectivity index (χ0n) is 11.8. The smallest absolute Gasteiger partial charge is 0.240 e. The van der Waals surface area contributed by atoms with Crippen LogP contribution in [0.25, 0.3) is 0 Å². The highest BCUT2D eigenvalue weighted by atomic mass is 32.2. The van der Waals surface area contributed by atoms with Gasteiger partial charge in [0.15, 0.2) is 9.84 Å². The second kappa shape index (κ2) is 5.97. The molecule has 0 radical (unpaired) electrons. The summed E-state index contributed by atoms with van der Waals surface area (Å²) in [5, 5.41) is -0.959. The molecule has 0 spiro atoms. The highest BCUT2D eigenvalue weighted by Gasteiger charge is 2.30. The van der Waals surface area contributed by atoms with Crippen LogP contribution in [-0.4, -0.2) is 61.8 Å². The molecular formula is C13H20N2O4S. The Balaban J connectivity index is 1.86. The normalized spacial score (nSPS) is 19.0. The zero-order valence-corrected chi connectivity index (χ0v) is 12.6. The molecule has 1 saturated heterocycles. The van der Waals surface area contributed by atoms with E-state index >= 15 is 0 Å². The highest BCUT2D eigenvalue weighted by molar-refractivity contribution is 7.92. The van der Waals surface area contributed by atoms with Gasteiger partial charge in [-0.3, -0.25) is 9.69 Å². The van der Waals surface area contributed by atoms with Gasteiger partial charge in [0.05, 0.1) is 12.8 Å². The second-order valence-corrected chi connectivity index (χ2v) is 7.52. The molecule has 2 rings (SSSR count). The van der Waals surface area contributed by atoms with Crippen molar-refractivity contribution in [3.8, 4) is 0 Å². The van der Waals surface area contributed by atoms with Crippen molar-refractivity contribution in [3.05, 3.63) is 24.2 Å². The lowest BCUT2D eigenvalue weighted by atomic mass is 10.2. The maximum absolute atomic E-state index is 12.1. The Morgan fingerprint density at radius 3 is 2.50 bits per heavy atom. The van der Waals surface area contributed by atoms with E-state index in [2.05, 4.69) is 4.90 Å². The number of carbonyl (C=O) groups excluding carboxylic acids is 1. The average molecular weight is 300 g/mol. The van der Waals surface area contributed by atoms with Crippen LogP contribution in [0.2, 0.25) is 0 Å². The molecule has 1 aromatic rings. The van der Waals surface area contributed by atoms with Gasteiger partial charge in [-0.1, -0.05) is 0 Å². The second-order valence-electron chi connectivity index (χ2n) is 5.15. The van der Waals surface area contributed by atoms with Crippen molar-refractivity contribution in [2.45, 2.75) is 18.7 Å². The molecule has 0 aromatic carbocycles. The van der Waals surface area contributed by atoms with Gasteiger partial charge >= 0.3 is 0 Å². The summed E-state index contributed by atoms with van der Waals surface area (Å²) in [4.78, 5) is 15.9. The van der Waals surface area contributed by atoms with Crippen LogP contribution in [0.1, 0.15) is 12.7 Å². The Hall–Kier alpha value is -1.34. The van der Waals surface area contributed by atoms with Crippen LogP contribution in [0.3, 0.4) is 0 Å². The first-order chi connectivity index (χ1) is 9.38. The number of rotatable bonds is 4. The van der Waals surface area contributed by atoms with Crippen LogP contribution in [0.4, 0.5) is 0 Å². The van der Waals surface area contributed by atoms with Gasteiger partial charge in [-0.15, -0.1) is 0 Å². The van der Waals surface area contributed by atoms with Crippen molar-refractivity contribution < 1.29 is 17.6 Å². The van der Waals surface area contributed by atoms with Gasteiger partial charge in [-0.05, 0) is 19.1 Å². The van der Waals surface area contributed by atoms with Gasteiger partial charge in [0.1, 0.15) is 11.0 Å². The van der Waals surface area contributed by atoms with Gasteiger partial charge in [0.2, 0.25) is 5.91 Å². The van der Waals surface area contributed by atoms with Gasteiger partial charge in [-0.2, -0.15) is 0 Å². The molecule has 1 amide bonds. The predicted octanol–water partition coefficient (Wildman–Crippen LogP) is 0.357. The molecule has 7 heteroatoms. The van der Waals surface area contributed by atoms with Crippen LogP contribution >= 0.6 is 0 Å². The summed E-state index contributed by atoms with van der Waals surface area (Å²) in [6, 6.07) is 3.77. The van der Waals surface area contributed by atoms with E-state index in [-0.39, 0.29) is 5.91 Å². The lowest BCUT2D eigenvalue weighted by Crippen LogP contribution is -2.51. The first-order valence-electron chi connectivity index (χ1n) is 6.60. The summed E-state index contributed by atoms with van der Waals surface area (Å²) >= 11 is 0. The number of carbonyl (C=O) groups is 1. The standard InChI is InChI=1S/C13H20N2O4S/c1-11(20(2,17)18)13(16)15-7-5-14(6-8-15)10-12-4-3-9-19-12/h3-4,9,11H,5-8,10H2,1-2H3/t11-/m1/s1. The van der Waals surface area contributed by atoms with Crippen LogP contribution in [0, 0.1) is 0 Å². The fourth-order valence-corrected chi connectivity index (χ4v) is 2.70. The molecule has 1 fully saturated rings. The van der Waals surface area contributed by atoms with E-state index in [0.29, 0.717) is 13.1 Å². The number of sulfone groups is 1. The Labute approximate surface area is 119 Å². The molecule has 20 heavy (non-hydrogen) atoms. The van der Waals surface area contributed by atoms with Crippen molar-refractivity contribution in [1.82, 2.24) is 9.80 Å². The lowest BCUT2D eigenvalue weighted by Gasteiger charge is -2.35. The third-order valence-electron chi connectivity index (χ3n) is 3.63. The maximum Gasteiger partial charge on any atom is 0.240 e. The largest absolute Gasteiger partial charge is 0.468 e. The summed E-state index contributed by atoms with van der Waals surface area (Å²) in [5.74, 6) is 0.597. The number of hydrogen-bond acceptors (Lipinski definition) is 5. The Morgan fingerprint density at radius 2 is 2.00 bits per heavy atom. The summed E-state index contributed by atoms with van der Waals surface area (Å²) in [5.41, 5.74) is 0. The minimum atomic E-state index is -3.33. The van der Waals surface area contributed by atoms with Crippen molar-refractivity contribution in [2.24, 2.45) is 0 Å². The molecule has 0 N–H and O–H groups in total. The molecule has 1 aliphatic rings. The third-order valence-corrected chi connectivity index (χ3v) is 5.12. The van der Waals surface area contributed by atoms with Crippen LogP contribution in [0.15, 0.2) is 22.8 Å². The van der Waals surface area contributed by atoms with Gasteiger partial charge in [-0.25, -0.2) is 8.42 Å². The summed E-state index contributed by atoms with van der Waals surface area (Å²) in [6.07, 6.45) is 2.74. The summed E-state index contributed by atoms with van der Waals surface area (Å²) < 4.78 is 28.1. The third kappa shape index (κ3) is 3.61. The van der Waals surface area contributed by atoms with E-state index in [0.717, 1.165) is 31.7 Å². The quantitative estimate of drug-likeness (QED) is 0.803. The topological polar surface area (TPSA) is 70.8 Å². The number of amides is 1. The molecule has 0 bridgehead atoms. The van der Waals surface area contributed by atoms with Crippen molar-refractivity contribution in [2.75, 3.05) is 32.4 Å². The monoisotopic (exact) mass is 300 g/mol. The SMILES string of the molecule is C[C@H](C(=O)N1CCN(Cc2ccco2)CC1)S(C)(=O)=O. The maximum atomic E-state index is 12.1. The van der Waals surface area contributed by atoms with Gasteiger partial charge in [0, 0.05) is 32.4 Å². The number of hydrogen-bond donors (Lipinski definition) is 0. The van der Waals surface area contributed by atoms with Crippen molar-refractivity contribution in [3.63, 3.8) is 0 Å². The minimum Gasteiger partial charge on any atom is -0.468 e. The Kier molecular flexibility index (Phi) is 4.49.